The van der Waals surface area contributed by atoms with Gasteiger partial charge in [0.2, 0.25) is 0 Å². The lowest BCUT2D eigenvalue weighted by Crippen LogP contribution is -2.37. The third-order valence-electron chi connectivity index (χ3n) is 6.00. The van der Waals surface area contributed by atoms with Gasteiger partial charge < -0.3 is 15.0 Å². The highest BCUT2D eigenvalue weighted by Crippen LogP contribution is 2.26. The topological polar surface area (TPSA) is 70.7 Å². The van der Waals surface area contributed by atoms with E-state index in [0.717, 1.165) is 68.8 Å². The van der Waals surface area contributed by atoms with E-state index in [9.17, 15) is 9.59 Å². The molecule has 0 saturated carbocycles. The number of ether oxygens (including phenoxy) is 1. The molecule has 4 rings (SSSR count). The Morgan fingerprint density at radius 1 is 1.13 bits per heavy atom. The van der Waals surface area contributed by atoms with Crippen molar-refractivity contribution in [1.82, 2.24) is 4.90 Å². The number of nitrogens with zero attached hydrogens (tertiary/aromatic N) is 1. The molecule has 0 atom stereocenters. The van der Waals surface area contributed by atoms with E-state index >= 15 is 0 Å². The molecule has 0 radical (unpaired) electrons. The van der Waals surface area contributed by atoms with E-state index in [0.29, 0.717) is 11.6 Å². The number of benzene rings is 2. The number of amides is 1. The van der Waals surface area contributed by atoms with Crippen molar-refractivity contribution in [2.24, 2.45) is 5.92 Å². The summed E-state index contributed by atoms with van der Waals surface area (Å²) in [6.45, 7) is 3.95. The van der Waals surface area contributed by atoms with Crippen molar-refractivity contribution in [2.45, 2.75) is 25.7 Å². The van der Waals surface area contributed by atoms with Gasteiger partial charge in [-0.3, -0.25) is 10.1 Å². The van der Waals surface area contributed by atoms with Crippen molar-refractivity contribution in [1.29, 1.82) is 0 Å². The van der Waals surface area contributed by atoms with E-state index in [1.807, 2.05) is 18.2 Å². The summed E-state index contributed by atoms with van der Waals surface area (Å²) in [5.41, 5.74) is 3.83. The van der Waals surface area contributed by atoms with Crippen LogP contribution in [-0.2, 0) is 11.2 Å². The minimum Gasteiger partial charge on any atom is -0.449 e. The molecule has 1 amide bonds. The molecule has 2 aromatic rings. The third-order valence-corrected chi connectivity index (χ3v) is 6.26. The predicted octanol–water partition coefficient (Wildman–Crippen LogP) is 4.84. The lowest BCUT2D eigenvalue weighted by molar-refractivity contribution is 0.0830. The van der Waals surface area contributed by atoms with Gasteiger partial charge >= 0.3 is 6.09 Å². The van der Waals surface area contributed by atoms with Gasteiger partial charge in [-0.05, 0) is 80.7 Å². The van der Waals surface area contributed by atoms with Crippen molar-refractivity contribution in [3.63, 3.8) is 0 Å². The Morgan fingerprint density at radius 3 is 2.68 bits per heavy atom. The maximum absolute atomic E-state index is 12.6. The zero-order chi connectivity index (χ0) is 21.6. The summed E-state index contributed by atoms with van der Waals surface area (Å²) in [5, 5.41) is 6.73. The van der Waals surface area contributed by atoms with E-state index < -0.39 is 6.09 Å². The van der Waals surface area contributed by atoms with Gasteiger partial charge in [0.15, 0.2) is 5.78 Å². The molecule has 1 saturated heterocycles. The molecule has 164 valence electrons. The SMILES string of the molecule is O=C(Nc1ccc2c(c1)NCC2)OCCCN1CCC(C(=O)c2ccc(Cl)cc2)CC1. The first-order chi connectivity index (χ1) is 15.1. The fourth-order valence-electron chi connectivity index (χ4n) is 4.24. The standard InChI is InChI=1S/C24H28ClN3O3/c25-20-5-2-18(3-6-20)23(29)19-9-13-28(14-10-19)12-1-15-31-24(30)27-21-7-4-17-8-11-26-22(17)16-21/h2-7,16,19,26H,1,8-15H2,(H,27,30). The zero-order valence-corrected chi connectivity index (χ0v) is 18.3. The summed E-state index contributed by atoms with van der Waals surface area (Å²) in [5.74, 6) is 0.277. The summed E-state index contributed by atoms with van der Waals surface area (Å²) in [7, 11) is 0. The zero-order valence-electron chi connectivity index (χ0n) is 17.5. The first kappa shape index (κ1) is 21.7. The minimum absolute atomic E-state index is 0.0706. The van der Waals surface area contributed by atoms with Crippen LogP contribution in [0.25, 0.3) is 0 Å². The van der Waals surface area contributed by atoms with E-state index in [-0.39, 0.29) is 11.7 Å². The second-order valence-electron chi connectivity index (χ2n) is 8.15. The molecule has 0 bridgehead atoms. The second-order valence-corrected chi connectivity index (χ2v) is 8.59. The van der Waals surface area contributed by atoms with Gasteiger partial charge in [0.25, 0.3) is 0 Å². The van der Waals surface area contributed by atoms with Crippen LogP contribution in [0.1, 0.15) is 35.2 Å². The molecular weight excluding hydrogens is 414 g/mol. The van der Waals surface area contributed by atoms with Crippen LogP contribution in [0.15, 0.2) is 42.5 Å². The maximum Gasteiger partial charge on any atom is 0.411 e. The molecule has 2 aromatic carbocycles. The number of carbonyl (C=O) groups is 2. The number of carbonyl (C=O) groups excluding carboxylic acids is 2. The molecular formula is C24H28ClN3O3. The Kier molecular flexibility index (Phi) is 7.10. The Morgan fingerprint density at radius 2 is 1.90 bits per heavy atom. The molecule has 0 aromatic heterocycles. The number of fused-ring (bicyclic) bond motifs is 1. The highest BCUT2D eigenvalue weighted by molar-refractivity contribution is 6.30. The fraction of sp³-hybridized carbons (Fsp3) is 0.417. The molecule has 31 heavy (non-hydrogen) atoms. The Balaban J connectivity index is 1.12. The number of Topliss-reactive ketones (excluding diaryl/α,β-unsaturated/α-hetero) is 1. The molecule has 0 spiro atoms. The number of hydrogen-bond donors (Lipinski definition) is 2. The Bertz CT molecular complexity index is 924. The van der Waals surface area contributed by atoms with Crippen molar-refractivity contribution in [3.8, 4) is 0 Å². The lowest BCUT2D eigenvalue weighted by atomic mass is 9.89. The van der Waals surface area contributed by atoms with Gasteiger partial charge in [0, 0.05) is 41.0 Å². The van der Waals surface area contributed by atoms with Crippen molar-refractivity contribution in [2.75, 3.05) is 43.4 Å². The average Bonchev–Trinajstić information content (AvgIpc) is 3.25. The van der Waals surface area contributed by atoms with Crippen LogP contribution >= 0.6 is 11.6 Å². The summed E-state index contributed by atoms with van der Waals surface area (Å²) in [4.78, 5) is 27.0. The third kappa shape index (κ3) is 5.77. The number of halogens is 1. The van der Waals surface area contributed by atoms with E-state index in [1.54, 1.807) is 24.3 Å². The quantitative estimate of drug-likeness (QED) is 0.475. The normalized spacial score (nSPS) is 16.4. The Hall–Kier alpha value is -2.57. The van der Waals surface area contributed by atoms with Gasteiger partial charge in [-0.25, -0.2) is 4.79 Å². The van der Waals surface area contributed by atoms with Crippen molar-refractivity contribution < 1.29 is 14.3 Å². The van der Waals surface area contributed by atoms with Crippen LogP contribution < -0.4 is 10.6 Å². The average molecular weight is 442 g/mol. The van der Waals surface area contributed by atoms with Gasteiger partial charge in [-0.1, -0.05) is 17.7 Å². The number of nitrogens with one attached hydrogen (secondary N) is 2. The highest BCUT2D eigenvalue weighted by atomic mass is 35.5. The van der Waals surface area contributed by atoms with Gasteiger partial charge in [-0.2, -0.15) is 0 Å². The van der Waals surface area contributed by atoms with E-state index in [2.05, 4.69) is 15.5 Å². The number of anilines is 2. The van der Waals surface area contributed by atoms with Crippen molar-refractivity contribution in [3.05, 3.63) is 58.6 Å². The number of ketones is 1. The largest absolute Gasteiger partial charge is 0.449 e. The lowest BCUT2D eigenvalue weighted by Gasteiger charge is -2.31. The number of piperidine rings is 1. The van der Waals surface area contributed by atoms with E-state index in [1.165, 1.54) is 5.56 Å². The molecule has 2 N–H and O–H groups in total. The molecule has 7 heteroatoms. The van der Waals surface area contributed by atoms with Crippen LogP contribution in [-0.4, -0.2) is 49.6 Å². The number of likely N-dealkylation sites (tertiary alicyclic amines) is 1. The maximum atomic E-state index is 12.6. The summed E-state index contributed by atoms with van der Waals surface area (Å²) in [6, 6.07) is 13.0. The van der Waals surface area contributed by atoms with Crippen LogP contribution in [0.4, 0.5) is 16.2 Å². The minimum atomic E-state index is -0.426. The van der Waals surface area contributed by atoms with Gasteiger partial charge in [0.05, 0.1) is 6.61 Å². The molecule has 1 fully saturated rings. The molecule has 0 unspecified atom stereocenters. The predicted molar refractivity (Wildman–Crippen MR) is 123 cm³/mol. The Labute approximate surface area is 187 Å². The monoisotopic (exact) mass is 441 g/mol. The summed E-state index contributed by atoms with van der Waals surface area (Å²) >= 11 is 5.91. The smallest absolute Gasteiger partial charge is 0.411 e. The second kappa shape index (κ2) is 10.2. The van der Waals surface area contributed by atoms with Gasteiger partial charge in [-0.15, -0.1) is 0 Å². The molecule has 2 aliphatic rings. The van der Waals surface area contributed by atoms with E-state index in [4.69, 9.17) is 16.3 Å². The first-order valence-electron chi connectivity index (χ1n) is 10.9. The van der Waals surface area contributed by atoms with Crippen molar-refractivity contribution >= 4 is 34.9 Å². The summed E-state index contributed by atoms with van der Waals surface area (Å²) in [6.07, 6.45) is 3.08. The number of hydrogen-bond acceptors (Lipinski definition) is 5. The molecule has 6 nitrogen and oxygen atoms in total. The fourth-order valence-corrected chi connectivity index (χ4v) is 4.37. The molecule has 0 aliphatic carbocycles. The first-order valence-corrected chi connectivity index (χ1v) is 11.3. The van der Waals surface area contributed by atoms with Crippen LogP contribution in [0, 0.1) is 5.92 Å². The summed E-state index contributed by atoms with van der Waals surface area (Å²) < 4.78 is 5.32. The van der Waals surface area contributed by atoms with Crippen LogP contribution in [0.3, 0.4) is 0 Å². The van der Waals surface area contributed by atoms with Crippen LogP contribution in [0.5, 0.6) is 0 Å². The van der Waals surface area contributed by atoms with Crippen LogP contribution in [0.2, 0.25) is 5.02 Å². The van der Waals surface area contributed by atoms with Gasteiger partial charge in [0.1, 0.15) is 0 Å². The molecule has 2 aliphatic heterocycles. The highest BCUT2D eigenvalue weighted by Gasteiger charge is 2.25. The number of rotatable bonds is 7. The molecule has 2 heterocycles.